The van der Waals surface area contributed by atoms with Gasteiger partial charge in [0, 0.05) is 6.42 Å². The number of halogens is 8. The van der Waals surface area contributed by atoms with Gasteiger partial charge in [-0.2, -0.15) is 0 Å². The molecule has 1 aliphatic carbocycles. The second-order valence-electron chi connectivity index (χ2n) is 5.94. The fourth-order valence-electron chi connectivity index (χ4n) is 2.68. The zero-order chi connectivity index (χ0) is 22.1. The van der Waals surface area contributed by atoms with E-state index < -0.39 is 39.0 Å². The van der Waals surface area contributed by atoms with E-state index in [0.29, 0.717) is 0 Å². The van der Waals surface area contributed by atoms with Crippen molar-refractivity contribution in [3.05, 3.63) is 56.0 Å². The normalized spacial score (nSPS) is 23.8. The van der Waals surface area contributed by atoms with E-state index in [1.54, 1.807) is 18.2 Å². The van der Waals surface area contributed by atoms with Gasteiger partial charge in [0.2, 0.25) is 0 Å². The van der Waals surface area contributed by atoms with Gasteiger partial charge in [-0.15, -0.1) is 11.6 Å². The highest BCUT2D eigenvalue weighted by atomic mass is 35.6. The van der Waals surface area contributed by atoms with Gasteiger partial charge in [0.05, 0.1) is 20.1 Å². The van der Waals surface area contributed by atoms with E-state index >= 15 is 0 Å². The first-order valence-corrected chi connectivity index (χ1v) is 10.7. The molecule has 12 heteroatoms. The maximum Gasteiger partial charge on any atom is 0.325 e. The molecule has 0 saturated heterocycles. The van der Waals surface area contributed by atoms with Crippen LogP contribution in [-0.4, -0.2) is 31.8 Å². The smallest absolute Gasteiger partial charge is 0.325 e. The molecule has 0 heterocycles. The lowest BCUT2D eigenvalue weighted by Crippen LogP contribution is -2.50. The van der Waals surface area contributed by atoms with Crippen LogP contribution >= 0.6 is 92.8 Å². The number of carboxylic acids is 1. The third-order valence-electron chi connectivity index (χ3n) is 3.96. The molecule has 0 fully saturated rings. The molecule has 0 amide bonds. The highest BCUT2D eigenvalue weighted by Gasteiger charge is 2.55. The van der Waals surface area contributed by atoms with E-state index in [9.17, 15) is 14.7 Å². The van der Waals surface area contributed by atoms with Crippen LogP contribution < -0.4 is 0 Å². The van der Waals surface area contributed by atoms with Crippen molar-refractivity contribution < 1.29 is 19.4 Å². The maximum absolute atomic E-state index is 12.9. The number of aliphatic carboxylic acids is 1. The van der Waals surface area contributed by atoms with Gasteiger partial charge in [-0.1, -0.05) is 112 Å². The Labute approximate surface area is 206 Å². The molecule has 1 aromatic carbocycles. The summed E-state index contributed by atoms with van der Waals surface area (Å²) in [4.78, 5) is 24.7. The number of hydrogen-bond donors (Lipinski definition) is 1. The Kier molecular flexibility index (Phi) is 8.37. The van der Waals surface area contributed by atoms with Crippen LogP contribution in [0.1, 0.15) is 17.9 Å². The standard InChI is InChI=1S/C17H10Cl8O4/c18-9-10(19)12(21)16(6-17(23,24)25,13(22)11(9)20)29-15(28)8(14(26)27)7-4-2-1-3-5-7/h1-5,8,12H,6H2,(H,26,27). The summed E-state index contributed by atoms with van der Waals surface area (Å²) in [5.74, 6) is -4.40. The van der Waals surface area contributed by atoms with Gasteiger partial charge in [-0.3, -0.25) is 9.59 Å². The number of rotatable bonds is 5. The molecule has 2 rings (SSSR count). The van der Waals surface area contributed by atoms with E-state index in [4.69, 9.17) is 97.5 Å². The maximum atomic E-state index is 12.9. The van der Waals surface area contributed by atoms with Gasteiger partial charge in [-0.25, -0.2) is 0 Å². The second kappa shape index (κ2) is 9.62. The van der Waals surface area contributed by atoms with Gasteiger partial charge in [0.15, 0.2) is 15.3 Å². The lowest BCUT2D eigenvalue weighted by Gasteiger charge is -2.41. The van der Waals surface area contributed by atoms with Crippen LogP contribution in [0.3, 0.4) is 0 Å². The molecule has 0 aliphatic heterocycles. The summed E-state index contributed by atoms with van der Waals surface area (Å²) in [7, 11) is 0. The van der Waals surface area contributed by atoms with Crippen molar-refractivity contribution in [2.45, 2.75) is 27.1 Å². The van der Waals surface area contributed by atoms with Gasteiger partial charge >= 0.3 is 11.9 Å². The topological polar surface area (TPSA) is 63.6 Å². The summed E-state index contributed by atoms with van der Waals surface area (Å²) in [6.45, 7) is 0. The van der Waals surface area contributed by atoms with Gasteiger partial charge in [0.1, 0.15) is 5.38 Å². The molecular formula is C17H10Cl8O4. The average Bonchev–Trinajstić information content (AvgIpc) is 2.63. The van der Waals surface area contributed by atoms with Crippen molar-refractivity contribution in [3.63, 3.8) is 0 Å². The molecule has 0 radical (unpaired) electrons. The highest BCUT2D eigenvalue weighted by Crippen LogP contribution is 2.54. The number of ether oxygens (including phenoxy) is 1. The zero-order valence-corrected chi connectivity index (χ0v) is 20.0. The van der Waals surface area contributed by atoms with Crippen molar-refractivity contribution in [1.29, 1.82) is 0 Å². The van der Waals surface area contributed by atoms with Crippen molar-refractivity contribution in [1.82, 2.24) is 0 Å². The molecule has 158 valence electrons. The first kappa shape index (κ1) is 25.2. The van der Waals surface area contributed by atoms with Crippen LogP contribution in [0, 0.1) is 0 Å². The average molecular weight is 562 g/mol. The van der Waals surface area contributed by atoms with Crippen LogP contribution in [0.15, 0.2) is 50.5 Å². The molecule has 29 heavy (non-hydrogen) atoms. The molecule has 0 bridgehead atoms. The Balaban J connectivity index is 2.57. The van der Waals surface area contributed by atoms with Crippen LogP contribution in [0.25, 0.3) is 0 Å². The van der Waals surface area contributed by atoms with E-state index in [-0.39, 0.29) is 25.7 Å². The Hall–Kier alpha value is -0.0400. The van der Waals surface area contributed by atoms with E-state index in [1.165, 1.54) is 12.1 Å². The SMILES string of the molecule is O=C(O)C(C(=O)OC1(CC(Cl)(Cl)Cl)C(Cl)=C(Cl)C(Cl)=C(Cl)C1Cl)c1ccccc1. The fourth-order valence-corrected chi connectivity index (χ4v) is 4.86. The molecule has 1 N–H and O–H groups in total. The number of carbonyl (C=O) groups excluding carboxylic acids is 1. The minimum Gasteiger partial charge on any atom is -0.480 e. The van der Waals surface area contributed by atoms with Crippen molar-refractivity contribution >= 4 is 105 Å². The number of carboxylic acid groups (broad SMARTS) is 1. The Morgan fingerprint density at radius 2 is 1.62 bits per heavy atom. The number of esters is 1. The van der Waals surface area contributed by atoms with Gasteiger partial charge in [0.25, 0.3) is 0 Å². The minimum absolute atomic E-state index is 0.154. The third kappa shape index (κ3) is 5.42. The molecular weight excluding hydrogens is 552 g/mol. The third-order valence-corrected chi connectivity index (χ3v) is 7.02. The lowest BCUT2D eigenvalue weighted by atomic mass is 9.89. The summed E-state index contributed by atoms with van der Waals surface area (Å²) >= 11 is 48.7. The molecule has 0 spiro atoms. The first-order chi connectivity index (χ1) is 13.3. The van der Waals surface area contributed by atoms with Gasteiger partial charge < -0.3 is 9.84 Å². The molecule has 1 aromatic rings. The summed E-state index contributed by atoms with van der Waals surface area (Å²) in [6.07, 6.45) is -0.582. The molecule has 3 unspecified atom stereocenters. The summed E-state index contributed by atoms with van der Waals surface area (Å²) in [6, 6.07) is 7.65. The molecule has 0 saturated carbocycles. The van der Waals surface area contributed by atoms with Crippen molar-refractivity contribution in [3.8, 4) is 0 Å². The minimum atomic E-state index is -2.08. The Morgan fingerprint density at radius 1 is 1.07 bits per heavy atom. The van der Waals surface area contributed by atoms with Crippen LogP contribution in [0.4, 0.5) is 0 Å². The molecule has 0 aromatic heterocycles. The van der Waals surface area contributed by atoms with Crippen LogP contribution in [0.2, 0.25) is 0 Å². The van der Waals surface area contributed by atoms with E-state index in [2.05, 4.69) is 0 Å². The number of allylic oxidation sites excluding steroid dienone is 2. The predicted octanol–water partition coefficient (Wildman–Crippen LogP) is 6.90. The Bertz CT molecular complexity index is 877. The lowest BCUT2D eigenvalue weighted by molar-refractivity contribution is -0.163. The number of carbonyl (C=O) groups is 2. The monoisotopic (exact) mass is 558 g/mol. The number of benzene rings is 1. The zero-order valence-electron chi connectivity index (χ0n) is 13.9. The molecule has 4 nitrogen and oxygen atoms in total. The van der Waals surface area contributed by atoms with E-state index in [1.807, 2.05) is 0 Å². The summed E-state index contributed by atoms with van der Waals surface area (Å²) in [5.41, 5.74) is -1.93. The van der Waals surface area contributed by atoms with Gasteiger partial charge in [-0.05, 0) is 5.56 Å². The van der Waals surface area contributed by atoms with Crippen molar-refractivity contribution in [2.24, 2.45) is 0 Å². The number of hydrogen-bond acceptors (Lipinski definition) is 3. The fraction of sp³-hybridized carbons (Fsp3) is 0.294. The number of alkyl halides is 4. The van der Waals surface area contributed by atoms with Crippen LogP contribution in [0.5, 0.6) is 0 Å². The predicted molar refractivity (Wildman–Crippen MR) is 118 cm³/mol. The highest BCUT2D eigenvalue weighted by molar-refractivity contribution is 6.67. The van der Waals surface area contributed by atoms with Crippen molar-refractivity contribution in [2.75, 3.05) is 0 Å². The largest absolute Gasteiger partial charge is 0.480 e. The first-order valence-electron chi connectivity index (χ1n) is 7.64. The summed E-state index contributed by atoms with van der Waals surface area (Å²) in [5, 5.41) is 7.16. The Morgan fingerprint density at radius 3 is 2.10 bits per heavy atom. The second-order valence-corrected chi connectivity index (χ2v) is 10.4. The molecule has 1 aliphatic rings. The molecule has 3 atom stereocenters. The summed E-state index contributed by atoms with van der Waals surface area (Å²) < 4.78 is 3.46. The quantitative estimate of drug-likeness (QED) is 0.241. The van der Waals surface area contributed by atoms with Crippen LogP contribution in [-0.2, 0) is 14.3 Å². The van der Waals surface area contributed by atoms with E-state index in [0.717, 1.165) is 0 Å².